The Hall–Kier alpha value is -0.580. The third-order valence-electron chi connectivity index (χ3n) is 4.36. The van der Waals surface area contributed by atoms with Gasteiger partial charge in [0, 0.05) is 36.2 Å². The van der Waals surface area contributed by atoms with E-state index >= 15 is 0 Å². The van der Waals surface area contributed by atoms with Crippen molar-refractivity contribution in [2.45, 2.75) is 32.2 Å². The molecule has 1 aromatic carbocycles. The van der Waals surface area contributed by atoms with Gasteiger partial charge in [0.2, 0.25) is 0 Å². The molecule has 3 nitrogen and oxygen atoms in total. The predicted molar refractivity (Wildman–Crippen MR) is 83.0 cm³/mol. The number of nitrogens with zero attached hydrogens (tertiary/aromatic N) is 1. The van der Waals surface area contributed by atoms with Crippen LogP contribution in [0.25, 0.3) is 0 Å². The highest BCUT2D eigenvalue weighted by Gasteiger charge is 2.23. The number of hydrogen-bond donors (Lipinski definition) is 1. The van der Waals surface area contributed by atoms with Gasteiger partial charge in [-0.2, -0.15) is 0 Å². The first-order chi connectivity index (χ1) is 9.76. The second kappa shape index (κ2) is 6.46. The summed E-state index contributed by atoms with van der Waals surface area (Å²) < 4.78 is 6.97. The number of ether oxygens (including phenoxy) is 1. The number of rotatable bonds is 4. The molecule has 1 aromatic rings. The number of halogens is 1. The van der Waals surface area contributed by atoms with Crippen LogP contribution in [0.1, 0.15) is 30.4 Å². The van der Waals surface area contributed by atoms with Crippen LogP contribution in [-0.2, 0) is 13.0 Å². The molecule has 0 saturated carbocycles. The van der Waals surface area contributed by atoms with Gasteiger partial charge in [0.25, 0.3) is 0 Å². The fourth-order valence-electron chi connectivity index (χ4n) is 3.42. The minimum absolute atomic E-state index is 0.313. The summed E-state index contributed by atoms with van der Waals surface area (Å²) in [7, 11) is 0. The molecule has 1 fully saturated rings. The first kappa shape index (κ1) is 14.4. The number of aliphatic hydroxyl groups is 1. The summed E-state index contributed by atoms with van der Waals surface area (Å²) in [6.07, 6.45) is 4.45. The third kappa shape index (κ3) is 3.18. The highest BCUT2D eigenvalue weighted by molar-refractivity contribution is 9.10. The van der Waals surface area contributed by atoms with E-state index in [0.29, 0.717) is 12.5 Å². The van der Waals surface area contributed by atoms with Crippen molar-refractivity contribution in [3.63, 3.8) is 0 Å². The van der Waals surface area contributed by atoms with Crippen LogP contribution in [0.3, 0.4) is 0 Å². The quantitative estimate of drug-likeness (QED) is 0.915. The normalized spacial score (nSPS) is 22.6. The van der Waals surface area contributed by atoms with E-state index in [-0.39, 0.29) is 0 Å². The highest BCUT2D eigenvalue weighted by atomic mass is 79.9. The minimum atomic E-state index is 0.313. The average Bonchev–Trinajstić information content (AvgIpc) is 2.87. The van der Waals surface area contributed by atoms with Crippen LogP contribution in [0.15, 0.2) is 16.6 Å². The topological polar surface area (TPSA) is 32.7 Å². The van der Waals surface area contributed by atoms with Crippen molar-refractivity contribution in [2.75, 3.05) is 26.3 Å². The molecule has 0 aliphatic carbocycles. The van der Waals surface area contributed by atoms with Crippen LogP contribution in [0.5, 0.6) is 5.75 Å². The van der Waals surface area contributed by atoms with Gasteiger partial charge in [0.1, 0.15) is 5.75 Å². The molecule has 2 aliphatic heterocycles. The molecule has 3 rings (SSSR count). The van der Waals surface area contributed by atoms with E-state index in [1.165, 1.54) is 24.0 Å². The van der Waals surface area contributed by atoms with Crippen molar-refractivity contribution in [2.24, 2.45) is 5.92 Å². The summed E-state index contributed by atoms with van der Waals surface area (Å²) in [5.74, 6) is 1.76. The zero-order valence-corrected chi connectivity index (χ0v) is 13.4. The lowest BCUT2D eigenvalue weighted by atomic mass is 9.94. The maximum atomic E-state index is 9.11. The zero-order chi connectivity index (χ0) is 13.9. The lowest BCUT2D eigenvalue weighted by Crippen LogP contribution is -2.35. The summed E-state index contributed by atoms with van der Waals surface area (Å²) in [5.41, 5.74) is 2.63. The van der Waals surface area contributed by atoms with Crippen LogP contribution in [0.4, 0.5) is 0 Å². The van der Waals surface area contributed by atoms with Crippen molar-refractivity contribution >= 4 is 15.9 Å². The zero-order valence-electron chi connectivity index (χ0n) is 11.8. The van der Waals surface area contributed by atoms with E-state index in [4.69, 9.17) is 9.84 Å². The van der Waals surface area contributed by atoms with Gasteiger partial charge in [-0.15, -0.1) is 0 Å². The van der Waals surface area contributed by atoms with Gasteiger partial charge in [-0.25, -0.2) is 0 Å². The van der Waals surface area contributed by atoms with Crippen molar-refractivity contribution in [3.8, 4) is 5.75 Å². The molecule has 1 N–H and O–H groups in total. The molecule has 110 valence electrons. The van der Waals surface area contributed by atoms with Gasteiger partial charge in [0.05, 0.1) is 6.61 Å². The Morgan fingerprint density at radius 3 is 3.15 bits per heavy atom. The van der Waals surface area contributed by atoms with Gasteiger partial charge in [-0.3, -0.25) is 4.90 Å². The molecular weight excluding hydrogens is 318 g/mol. The largest absolute Gasteiger partial charge is 0.493 e. The van der Waals surface area contributed by atoms with Crippen molar-refractivity contribution in [1.29, 1.82) is 0 Å². The molecule has 0 aromatic heterocycles. The van der Waals surface area contributed by atoms with E-state index in [1.54, 1.807) is 0 Å². The molecule has 1 atom stereocenters. The smallest absolute Gasteiger partial charge is 0.127 e. The molecule has 0 radical (unpaired) electrons. The van der Waals surface area contributed by atoms with Gasteiger partial charge in [-0.1, -0.05) is 15.9 Å². The maximum Gasteiger partial charge on any atom is 0.127 e. The molecule has 4 heteroatoms. The predicted octanol–water partition coefficient (Wildman–Crippen LogP) is 2.98. The van der Waals surface area contributed by atoms with Crippen LogP contribution < -0.4 is 4.74 Å². The first-order valence-electron chi connectivity index (χ1n) is 7.53. The molecule has 2 heterocycles. The fraction of sp³-hybridized carbons (Fsp3) is 0.625. The summed E-state index contributed by atoms with van der Waals surface area (Å²) in [5, 5.41) is 9.11. The van der Waals surface area contributed by atoms with E-state index in [0.717, 1.165) is 49.3 Å². The summed E-state index contributed by atoms with van der Waals surface area (Å²) >= 11 is 3.61. The summed E-state index contributed by atoms with van der Waals surface area (Å²) in [4.78, 5) is 2.51. The number of fused-ring (bicyclic) bond motifs is 1. The molecule has 0 spiro atoms. The van der Waals surface area contributed by atoms with Crippen molar-refractivity contribution < 1.29 is 9.84 Å². The standard InChI is InChI=1S/C16H22BrNO2/c17-15-8-13-4-7-20-16(13)14(9-15)11-18-5-1-2-12(10-18)3-6-19/h8-9,12,19H,1-7,10-11H2. The van der Waals surface area contributed by atoms with Crippen molar-refractivity contribution in [1.82, 2.24) is 4.90 Å². The van der Waals surface area contributed by atoms with Gasteiger partial charge in [-0.05, 0) is 49.4 Å². The fourth-order valence-corrected chi connectivity index (χ4v) is 3.97. The Morgan fingerprint density at radius 2 is 2.30 bits per heavy atom. The Kier molecular flexibility index (Phi) is 4.64. The van der Waals surface area contributed by atoms with Gasteiger partial charge >= 0.3 is 0 Å². The number of hydrogen-bond acceptors (Lipinski definition) is 3. The monoisotopic (exact) mass is 339 g/mol. The van der Waals surface area contributed by atoms with E-state index in [9.17, 15) is 0 Å². The number of benzene rings is 1. The van der Waals surface area contributed by atoms with Crippen LogP contribution >= 0.6 is 15.9 Å². The molecule has 1 unspecified atom stereocenters. The molecule has 1 saturated heterocycles. The van der Waals surface area contributed by atoms with E-state index in [1.807, 2.05) is 0 Å². The first-order valence-corrected chi connectivity index (χ1v) is 8.33. The van der Waals surface area contributed by atoms with E-state index in [2.05, 4.69) is 33.0 Å². The summed E-state index contributed by atoms with van der Waals surface area (Å²) in [6.45, 7) is 4.34. The molecular formula is C16H22BrNO2. The highest BCUT2D eigenvalue weighted by Crippen LogP contribution is 2.34. The van der Waals surface area contributed by atoms with Crippen LogP contribution in [0.2, 0.25) is 0 Å². The summed E-state index contributed by atoms with van der Waals surface area (Å²) in [6, 6.07) is 4.37. The molecule has 0 bridgehead atoms. The Balaban J connectivity index is 1.71. The lowest BCUT2D eigenvalue weighted by Gasteiger charge is -2.32. The molecule has 20 heavy (non-hydrogen) atoms. The number of aliphatic hydroxyl groups excluding tert-OH is 1. The third-order valence-corrected chi connectivity index (χ3v) is 4.82. The van der Waals surface area contributed by atoms with Crippen molar-refractivity contribution in [3.05, 3.63) is 27.7 Å². The Morgan fingerprint density at radius 1 is 1.40 bits per heavy atom. The van der Waals surface area contributed by atoms with E-state index < -0.39 is 0 Å². The lowest BCUT2D eigenvalue weighted by molar-refractivity contribution is 0.141. The Labute approximate surface area is 129 Å². The second-order valence-electron chi connectivity index (χ2n) is 5.91. The van der Waals surface area contributed by atoms with Gasteiger partial charge < -0.3 is 9.84 Å². The van der Waals surface area contributed by atoms with Crippen LogP contribution in [-0.4, -0.2) is 36.3 Å². The number of piperidine rings is 1. The minimum Gasteiger partial charge on any atom is -0.493 e. The van der Waals surface area contributed by atoms with Crippen LogP contribution in [0, 0.1) is 5.92 Å². The van der Waals surface area contributed by atoms with Gasteiger partial charge in [0.15, 0.2) is 0 Å². The average molecular weight is 340 g/mol. The molecule has 2 aliphatic rings. The molecule has 0 amide bonds. The maximum absolute atomic E-state index is 9.11. The second-order valence-corrected chi connectivity index (χ2v) is 6.82. The Bertz CT molecular complexity index is 476. The SMILES string of the molecule is OCCC1CCCN(Cc2cc(Br)cc3c2OCC3)C1. The number of likely N-dealkylation sites (tertiary alicyclic amines) is 1.